The lowest BCUT2D eigenvalue weighted by Crippen LogP contribution is -2.15. The van der Waals surface area contributed by atoms with Crippen LogP contribution in [-0.2, 0) is 4.79 Å². The number of hydrogen-bond donors (Lipinski definition) is 1. The van der Waals surface area contributed by atoms with E-state index in [2.05, 4.69) is 16.4 Å². The average Bonchev–Trinajstić information content (AvgIpc) is 3.11. The van der Waals surface area contributed by atoms with E-state index in [0.717, 1.165) is 17.0 Å². The number of carbonyl (C=O) groups is 1. The van der Waals surface area contributed by atoms with Gasteiger partial charge in [0.25, 0.3) is 0 Å². The molecule has 0 bridgehead atoms. The Morgan fingerprint density at radius 3 is 2.64 bits per heavy atom. The number of para-hydroxylation sites is 1. The van der Waals surface area contributed by atoms with Gasteiger partial charge in [-0.1, -0.05) is 30.3 Å². The highest BCUT2D eigenvalue weighted by atomic mass is 32.1. The van der Waals surface area contributed by atoms with Gasteiger partial charge in [0.2, 0.25) is 5.91 Å². The molecular weight excluding hydrogens is 334 g/mol. The molecular formula is C19H15N3O2S. The van der Waals surface area contributed by atoms with Gasteiger partial charge in [-0.15, -0.1) is 11.3 Å². The molecule has 0 aliphatic carbocycles. The van der Waals surface area contributed by atoms with Gasteiger partial charge in [0.05, 0.1) is 30.4 Å². The molecule has 3 rings (SSSR count). The topological polar surface area (TPSA) is 75.0 Å². The number of hydrogen-bond acceptors (Lipinski definition) is 5. The largest absolute Gasteiger partial charge is 0.493 e. The van der Waals surface area contributed by atoms with Gasteiger partial charge in [-0.3, -0.25) is 4.79 Å². The van der Waals surface area contributed by atoms with Crippen molar-refractivity contribution in [2.24, 2.45) is 0 Å². The molecule has 1 N–H and O–H groups in total. The molecule has 0 fully saturated rings. The van der Waals surface area contributed by atoms with Crippen molar-refractivity contribution >= 4 is 22.4 Å². The average molecular weight is 349 g/mol. The molecule has 1 amide bonds. The summed E-state index contributed by atoms with van der Waals surface area (Å²) in [7, 11) is 0. The van der Waals surface area contributed by atoms with Gasteiger partial charge in [-0.25, -0.2) is 4.98 Å². The summed E-state index contributed by atoms with van der Waals surface area (Å²) in [5.41, 5.74) is 2.28. The lowest BCUT2D eigenvalue weighted by molar-refractivity contribution is -0.116. The SMILES string of the molecule is N#Cc1ccc(-c2csc(NC(=O)CCOc3ccccc3)n2)cc1. The second kappa shape index (κ2) is 8.08. The number of nitrogens with zero attached hydrogens (tertiary/aromatic N) is 2. The molecule has 2 aromatic carbocycles. The van der Waals surface area contributed by atoms with Crippen LogP contribution in [0.2, 0.25) is 0 Å². The highest BCUT2D eigenvalue weighted by Crippen LogP contribution is 2.25. The molecule has 0 saturated heterocycles. The number of nitrogens with one attached hydrogen (secondary N) is 1. The number of amides is 1. The van der Waals surface area contributed by atoms with Gasteiger partial charge in [0.15, 0.2) is 5.13 Å². The fraction of sp³-hybridized carbons (Fsp3) is 0.105. The zero-order valence-electron chi connectivity index (χ0n) is 13.3. The van der Waals surface area contributed by atoms with E-state index in [-0.39, 0.29) is 12.3 Å². The number of aromatic nitrogens is 1. The zero-order chi connectivity index (χ0) is 17.5. The van der Waals surface area contributed by atoms with E-state index in [1.54, 1.807) is 12.1 Å². The van der Waals surface area contributed by atoms with E-state index in [9.17, 15) is 4.79 Å². The van der Waals surface area contributed by atoms with Crippen molar-refractivity contribution in [3.8, 4) is 23.1 Å². The summed E-state index contributed by atoms with van der Waals surface area (Å²) in [6, 6.07) is 18.6. The van der Waals surface area contributed by atoms with Gasteiger partial charge in [-0.05, 0) is 24.3 Å². The quantitative estimate of drug-likeness (QED) is 0.727. The third kappa shape index (κ3) is 4.66. The summed E-state index contributed by atoms with van der Waals surface area (Å²) in [4.78, 5) is 16.4. The predicted octanol–water partition coefficient (Wildman–Crippen LogP) is 4.09. The number of benzene rings is 2. The smallest absolute Gasteiger partial charge is 0.229 e. The Morgan fingerprint density at radius 1 is 1.16 bits per heavy atom. The zero-order valence-corrected chi connectivity index (χ0v) is 14.1. The molecule has 0 saturated carbocycles. The summed E-state index contributed by atoms with van der Waals surface area (Å²) < 4.78 is 5.51. The summed E-state index contributed by atoms with van der Waals surface area (Å²) in [5.74, 6) is 0.601. The first-order valence-electron chi connectivity index (χ1n) is 7.68. The molecule has 0 unspecified atom stereocenters. The van der Waals surface area contributed by atoms with Crippen molar-refractivity contribution < 1.29 is 9.53 Å². The minimum absolute atomic E-state index is 0.142. The van der Waals surface area contributed by atoms with Crippen LogP contribution in [0.3, 0.4) is 0 Å². The molecule has 0 radical (unpaired) electrons. The molecule has 0 aliphatic heterocycles. The van der Waals surface area contributed by atoms with Crippen LogP contribution in [0.1, 0.15) is 12.0 Å². The highest BCUT2D eigenvalue weighted by molar-refractivity contribution is 7.14. The van der Waals surface area contributed by atoms with E-state index < -0.39 is 0 Å². The number of anilines is 1. The van der Waals surface area contributed by atoms with Gasteiger partial charge in [0, 0.05) is 10.9 Å². The Bertz CT molecular complexity index is 883. The fourth-order valence-corrected chi connectivity index (χ4v) is 2.88. The normalized spacial score (nSPS) is 10.0. The second-order valence-corrected chi connectivity index (χ2v) is 6.04. The monoisotopic (exact) mass is 349 g/mol. The van der Waals surface area contributed by atoms with E-state index >= 15 is 0 Å². The number of thiazole rings is 1. The molecule has 124 valence electrons. The van der Waals surface area contributed by atoms with E-state index in [1.165, 1.54) is 11.3 Å². The number of ether oxygens (including phenoxy) is 1. The van der Waals surface area contributed by atoms with Gasteiger partial charge in [0.1, 0.15) is 5.75 Å². The fourth-order valence-electron chi connectivity index (χ4n) is 2.14. The van der Waals surface area contributed by atoms with Crippen molar-refractivity contribution in [2.45, 2.75) is 6.42 Å². The van der Waals surface area contributed by atoms with E-state index in [1.807, 2.05) is 47.8 Å². The Hall–Kier alpha value is -3.17. The van der Waals surface area contributed by atoms with Crippen LogP contribution in [0.4, 0.5) is 5.13 Å². The van der Waals surface area contributed by atoms with Crippen molar-refractivity contribution in [3.05, 3.63) is 65.5 Å². The van der Waals surface area contributed by atoms with E-state index in [0.29, 0.717) is 17.3 Å². The maximum absolute atomic E-state index is 12.0. The van der Waals surface area contributed by atoms with Crippen LogP contribution in [0, 0.1) is 11.3 Å². The van der Waals surface area contributed by atoms with Crippen LogP contribution in [0.25, 0.3) is 11.3 Å². The Balaban J connectivity index is 1.52. The first-order valence-corrected chi connectivity index (χ1v) is 8.56. The molecule has 6 heteroatoms. The number of carbonyl (C=O) groups excluding carboxylic acids is 1. The molecule has 5 nitrogen and oxygen atoms in total. The molecule has 25 heavy (non-hydrogen) atoms. The van der Waals surface area contributed by atoms with Gasteiger partial charge in [-0.2, -0.15) is 5.26 Å². The Morgan fingerprint density at radius 2 is 1.92 bits per heavy atom. The molecule has 3 aromatic rings. The summed E-state index contributed by atoms with van der Waals surface area (Å²) in [5, 5.41) is 14.0. The Labute approximate surface area is 149 Å². The summed E-state index contributed by atoms with van der Waals surface area (Å²) in [6.07, 6.45) is 0.251. The predicted molar refractivity (Wildman–Crippen MR) is 97.4 cm³/mol. The van der Waals surface area contributed by atoms with Crippen LogP contribution >= 0.6 is 11.3 Å². The van der Waals surface area contributed by atoms with Crippen LogP contribution in [-0.4, -0.2) is 17.5 Å². The van der Waals surface area contributed by atoms with E-state index in [4.69, 9.17) is 10.00 Å². The molecule has 0 atom stereocenters. The molecule has 0 aliphatic rings. The van der Waals surface area contributed by atoms with Crippen molar-refractivity contribution in [1.82, 2.24) is 4.98 Å². The third-order valence-corrected chi connectivity index (χ3v) is 4.16. The lowest BCUT2D eigenvalue weighted by atomic mass is 10.1. The lowest BCUT2D eigenvalue weighted by Gasteiger charge is -2.05. The van der Waals surface area contributed by atoms with Crippen LogP contribution < -0.4 is 10.1 Å². The maximum Gasteiger partial charge on any atom is 0.229 e. The van der Waals surface area contributed by atoms with Gasteiger partial charge < -0.3 is 10.1 Å². The van der Waals surface area contributed by atoms with Crippen LogP contribution in [0.15, 0.2) is 60.0 Å². The number of rotatable bonds is 6. The molecule has 1 aromatic heterocycles. The van der Waals surface area contributed by atoms with Crippen molar-refractivity contribution in [3.63, 3.8) is 0 Å². The van der Waals surface area contributed by atoms with Crippen LogP contribution in [0.5, 0.6) is 5.75 Å². The highest BCUT2D eigenvalue weighted by Gasteiger charge is 2.08. The molecule has 1 heterocycles. The first-order chi connectivity index (χ1) is 12.2. The summed E-state index contributed by atoms with van der Waals surface area (Å²) in [6.45, 7) is 0.309. The number of nitriles is 1. The van der Waals surface area contributed by atoms with Gasteiger partial charge >= 0.3 is 0 Å². The minimum Gasteiger partial charge on any atom is -0.493 e. The standard InChI is InChI=1S/C19H15N3O2S/c20-12-14-6-8-15(9-7-14)17-13-25-19(21-17)22-18(23)10-11-24-16-4-2-1-3-5-16/h1-9,13H,10-11H2,(H,21,22,23). The van der Waals surface area contributed by atoms with Crippen molar-refractivity contribution in [1.29, 1.82) is 5.26 Å². The second-order valence-electron chi connectivity index (χ2n) is 5.19. The first kappa shape index (κ1) is 16.7. The minimum atomic E-state index is -0.142. The van der Waals surface area contributed by atoms with Crippen molar-refractivity contribution in [2.75, 3.05) is 11.9 Å². The Kier molecular flexibility index (Phi) is 5.39. The third-order valence-electron chi connectivity index (χ3n) is 3.40. The molecule has 0 spiro atoms. The maximum atomic E-state index is 12.0. The summed E-state index contributed by atoms with van der Waals surface area (Å²) >= 11 is 1.36.